The summed E-state index contributed by atoms with van der Waals surface area (Å²) < 4.78 is 26.4. The quantitative estimate of drug-likeness (QED) is 0.758. The van der Waals surface area contributed by atoms with Crippen molar-refractivity contribution in [3.63, 3.8) is 0 Å². The molecule has 2 aromatic rings. The molecule has 0 saturated heterocycles. The minimum atomic E-state index is -0.754. The Morgan fingerprint density at radius 2 is 1.33 bits per heavy atom. The first-order valence-corrected chi connectivity index (χ1v) is 4.42. The predicted octanol–water partition coefficient (Wildman–Crippen LogP) is 3.34. The highest BCUT2D eigenvalue weighted by atomic mass is 19.1. The monoisotopic (exact) mass is 206 g/mol. The largest absolute Gasteiger partial charge is 0.504 e. The maximum absolute atomic E-state index is 13.4. The van der Waals surface area contributed by atoms with Crippen molar-refractivity contribution >= 4 is 0 Å². The van der Waals surface area contributed by atoms with Crippen LogP contribution in [-0.4, -0.2) is 5.11 Å². The summed E-state index contributed by atoms with van der Waals surface area (Å²) in [6.45, 7) is 0. The molecule has 0 aliphatic heterocycles. The molecule has 0 aromatic heterocycles. The highest BCUT2D eigenvalue weighted by molar-refractivity contribution is 5.70. The van der Waals surface area contributed by atoms with Gasteiger partial charge in [0.15, 0.2) is 11.6 Å². The normalized spacial score (nSPS) is 10.3. The van der Waals surface area contributed by atoms with Gasteiger partial charge in [-0.05, 0) is 12.1 Å². The first-order chi connectivity index (χ1) is 7.20. The van der Waals surface area contributed by atoms with Gasteiger partial charge in [-0.2, -0.15) is 0 Å². The summed E-state index contributed by atoms with van der Waals surface area (Å²) in [5.74, 6) is -1.77. The zero-order valence-electron chi connectivity index (χ0n) is 7.74. The summed E-state index contributed by atoms with van der Waals surface area (Å²) in [6.07, 6.45) is 0. The molecule has 1 nitrogen and oxygen atoms in total. The molecule has 0 saturated carbocycles. The van der Waals surface area contributed by atoms with Gasteiger partial charge >= 0.3 is 0 Å². The molecular formula is C12H8F2O. The van der Waals surface area contributed by atoms with E-state index in [0.717, 1.165) is 6.07 Å². The molecule has 0 amide bonds. The highest BCUT2D eigenvalue weighted by Crippen LogP contribution is 2.32. The lowest BCUT2D eigenvalue weighted by atomic mass is 10.0. The summed E-state index contributed by atoms with van der Waals surface area (Å²) >= 11 is 0. The number of hydrogen-bond acceptors (Lipinski definition) is 1. The average Bonchev–Trinajstić information content (AvgIpc) is 2.23. The molecule has 2 aromatic carbocycles. The first kappa shape index (κ1) is 9.65. The third kappa shape index (κ3) is 1.68. The second-order valence-corrected chi connectivity index (χ2v) is 3.12. The Morgan fingerprint density at radius 3 is 2.07 bits per heavy atom. The zero-order chi connectivity index (χ0) is 10.8. The van der Waals surface area contributed by atoms with Crippen molar-refractivity contribution in [3.05, 3.63) is 54.1 Å². The molecule has 3 heteroatoms. The van der Waals surface area contributed by atoms with Gasteiger partial charge in [0.1, 0.15) is 5.82 Å². The van der Waals surface area contributed by atoms with Crippen LogP contribution in [0.2, 0.25) is 0 Å². The summed E-state index contributed by atoms with van der Waals surface area (Å²) in [4.78, 5) is 0. The highest BCUT2D eigenvalue weighted by Gasteiger charge is 2.11. The fourth-order valence-electron chi connectivity index (χ4n) is 1.41. The Morgan fingerprint density at radius 1 is 0.733 bits per heavy atom. The van der Waals surface area contributed by atoms with Crippen LogP contribution in [0.1, 0.15) is 0 Å². The van der Waals surface area contributed by atoms with Crippen LogP contribution < -0.4 is 0 Å². The second-order valence-electron chi connectivity index (χ2n) is 3.12. The number of phenols is 1. The van der Waals surface area contributed by atoms with E-state index in [1.54, 1.807) is 6.07 Å². The van der Waals surface area contributed by atoms with E-state index < -0.39 is 17.4 Å². The van der Waals surface area contributed by atoms with Crippen molar-refractivity contribution in [1.82, 2.24) is 0 Å². The lowest BCUT2D eigenvalue weighted by Gasteiger charge is -2.05. The average molecular weight is 206 g/mol. The molecule has 2 rings (SSSR count). The van der Waals surface area contributed by atoms with Crippen molar-refractivity contribution in [3.8, 4) is 16.9 Å². The van der Waals surface area contributed by atoms with E-state index in [1.807, 2.05) is 0 Å². The third-order valence-electron chi connectivity index (χ3n) is 2.15. The van der Waals surface area contributed by atoms with E-state index in [4.69, 9.17) is 0 Å². The molecule has 0 aliphatic carbocycles. The van der Waals surface area contributed by atoms with Gasteiger partial charge in [0, 0.05) is 11.1 Å². The Labute approximate surface area is 85.6 Å². The SMILES string of the molecule is Oc1c(F)cccc1-c1ccccc1F. The maximum atomic E-state index is 13.4. The van der Waals surface area contributed by atoms with Crippen LogP contribution in [0.5, 0.6) is 5.75 Å². The molecule has 0 aliphatic rings. The third-order valence-corrected chi connectivity index (χ3v) is 2.15. The molecule has 0 unspecified atom stereocenters. The minimum absolute atomic E-state index is 0.160. The summed E-state index contributed by atoms with van der Waals surface area (Å²) in [7, 11) is 0. The molecule has 0 radical (unpaired) electrons. The van der Waals surface area contributed by atoms with Gasteiger partial charge in [-0.15, -0.1) is 0 Å². The summed E-state index contributed by atoms with van der Waals surface area (Å²) in [5.41, 5.74) is 0.350. The number of halogens is 2. The second kappa shape index (κ2) is 3.69. The molecule has 1 N–H and O–H groups in total. The maximum Gasteiger partial charge on any atom is 0.165 e. The van der Waals surface area contributed by atoms with Crippen LogP contribution in [0.25, 0.3) is 11.1 Å². The van der Waals surface area contributed by atoms with E-state index in [0.29, 0.717) is 0 Å². The smallest absolute Gasteiger partial charge is 0.165 e. The minimum Gasteiger partial charge on any atom is -0.504 e. The Balaban J connectivity index is 2.65. The number of phenolic OH excluding ortho intramolecular Hbond substituents is 1. The number of benzene rings is 2. The van der Waals surface area contributed by atoms with Gasteiger partial charge in [0.05, 0.1) is 0 Å². The van der Waals surface area contributed by atoms with Gasteiger partial charge < -0.3 is 5.11 Å². The molecule has 0 spiro atoms. The zero-order valence-corrected chi connectivity index (χ0v) is 7.74. The summed E-state index contributed by atoms with van der Waals surface area (Å²) in [6, 6.07) is 9.94. The number of hydrogen-bond donors (Lipinski definition) is 1. The van der Waals surface area contributed by atoms with E-state index in [2.05, 4.69) is 0 Å². The van der Waals surface area contributed by atoms with Crippen molar-refractivity contribution in [2.75, 3.05) is 0 Å². The van der Waals surface area contributed by atoms with Crippen LogP contribution in [0.4, 0.5) is 8.78 Å². The number of para-hydroxylation sites is 1. The lowest BCUT2D eigenvalue weighted by Crippen LogP contribution is -1.86. The van der Waals surface area contributed by atoms with E-state index in [1.165, 1.54) is 30.3 Å². The molecule has 76 valence electrons. The Hall–Kier alpha value is -1.90. The fourth-order valence-corrected chi connectivity index (χ4v) is 1.41. The Kier molecular flexibility index (Phi) is 2.37. The molecule has 0 bridgehead atoms. The van der Waals surface area contributed by atoms with Crippen LogP contribution >= 0.6 is 0 Å². The lowest BCUT2D eigenvalue weighted by molar-refractivity contribution is 0.434. The van der Waals surface area contributed by atoms with Crippen LogP contribution in [0.15, 0.2) is 42.5 Å². The van der Waals surface area contributed by atoms with Gasteiger partial charge in [-0.1, -0.05) is 30.3 Å². The molecule has 0 atom stereocenters. The van der Waals surface area contributed by atoms with Crippen LogP contribution in [0, 0.1) is 11.6 Å². The van der Waals surface area contributed by atoms with E-state index in [-0.39, 0.29) is 11.1 Å². The van der Waals surface area contributed by atoms with Crippen molar-refractivity contribution in [1.29, 1.82) is 0 Å². The number of aromatic hydroxyl groups is 1. The summed E-state index contributed by atoms with van der Waals surface area (Å²) in [5, 5.41) is 9.43. The van der Waals surface area contributed by atoms with Gasteiger partial charge in [-0.3, -0.25) is 0 Å². The van der Waals surface area contributed by atoms with Crippen LogP contribution in [0.3, 0.4) is 0 Å². The molecule has 15 heavy (non-hydrogen) atoms. The number of rotatable bonds is 1. The van der Waals surface area contributed by atoms with Gasteiger partial charge in [-0.25, -0.2) is 8.78 Å². The van der Waals surface area contributed by atoms with Crippen molar-refractivity contribution in [2.24, 2.45) is 0 Å². The van der Waals surface area contributed by atoms with Crippen molar-refractivity contribution in [2.45, 2.75) is 0 Å². The van der Waals surface area contributed by atoms with Gasteiger partial charge in [0.25, 0.3) is 0 Å². The molecule has 0 heterocycles. The van der Waals surface area contributed by atoms with Crippen LogP contribution in [-0.2, 0) is 0 Å². The molecule has 0 fully saturated rings. The topological polar surface area (TPSA) is 20.2 Å². The first-order valence-electron chi connectivity index (χ1n) is 4.42. The molecular weight excluding hydrogens is 198 g/mol. The van der Waals surface area contributed by atoms with E-state index in [9.17, 15) is 13.9 Å². The fraction of sp³-hybridized carbons (Fsp3) is 0. The van der Waals surface area contributed by atoms with E-state index >= 15 is 0 Å². The predicted molar refractivity (Wildman–Crippen MR) is 53.5 cm³/mol. The van der Waals surface area contributed by atoms with Crippen molar-refractivity contribution < 1.29 is 13.9 Å². The Bertz CT molecular complexity index is 495. The van der Waals surface area contributed by atoms with Gasteiger partial charge in [0.2, 0.25) is 0 Å². The standard InChI is InChI=1S/C12H8F2O/c13-10-6-2-1-4-8(10)9-5-3-7-11(14)12(9)15/h1-7,15H.